The molecule has 0 saturated carbocycles. The van der Waals surface area contributed by atoms with Crippen molar-refractivity contribution in [3.8, 4) is 0 Å². The SMILES string of the molecule is Cc1nc2ccccn2c1CCC(=O)Nc1cccc2cccnc12. The minimum atomic E-state index is -0.0246. The highest BCUT2D eigenvalue weighted by atomic mass is 16.1. The number of nitrogens with zero attached hydrogens (tertiary/aromatic N) is 3. The summed E-state index contributed by atoms with van der Waals surface area (Å²) in [5.41, 5.74) is 4.50. The van der Waals surface area contributed by atoms with Crippen molar-refractivity contribution in [2.45, 2.75) is 19.8 Å². The lowest BCUT2D eigenvalue weighted by Crippen LogP contribution is -2.13. The van der Waals surface area contributed by atoms with E-state index in [2.05, 4.69) is 15.3 Å². The van der Waals surface area contributed by atoms with E-state index in [1.807, 2.05) is 66.1 Å². The fraction of sp³-hybridized carbons (Fsp3) is 0.150. The van der Waals surface area contributed by atoms with Gasteiger partial charge in [0.25, 0.3) is 0 Å². The van der Waals surface area contributed by atoms with E-state index in [4.69, 9.17) is 0 Å². The molecular weight excluding hydrogens is 312 g/mol. The van der Waals surface area contributed by atoms with Crippen molar-refractivity contribution in [2.24, 2.45) is 0 Å². The molecule has 0 saturated heterocycles. The van der Waals surface area contributed by atoms with Crippen LogP contribution in [0.3, 0.4) is 0 Å². The van der Waals surface area contributed by atoms with E-state index in [0.717, 1.165) is 33.6 Å². The standard InChI is InChI=1S/C20H18N4O/c1-14-17(24-13-3-2-9-18(24)22-14)10-11-19(25)23-16-8-4-6-15-7-5-12-21-20(15)16/h2-9,12-13H,10-11H2,1H3,(H,23,25). The Morgan fingerprint density at radius 3 is 2.92 bits per heavy atom. The normalized spacial score (nSPS) is 11.1. The number of anilines is 1. The molecule has 3 heterocycles. The molecule has 0 unspecified atom stereocenters. The highest BCUT2D eigenvalue weighted by molar-refractivity contribution is 6.00. The molecular formula is C20H18N4O. The molecule has 0 bridgehead atoms. The summed E-state index contributed by atoms with van der Waals surface area (Å²) in [4.78, 5) is 21.3. The number of carbonyl (C=O) groups excluding carboxylic acids is 1. The van der Waals surface area contributed by atoms with Crippen molar-refractivity contribution in [3.05, 3.63) is 72.3 Å². The highest BCUT2D eigenvalue weighted by Gasteiger charge is 2.11. The third-order valence-corrected chi connectivity index (χ3v) is 4.32. The monoisotopic (exact) mass is 330 g/mol. The van der Waals surface area contributed by atoms with Gasteiger partial charge in [-0.3, -0.25) is 9.78 Å². The average Bonchev–Trinajstić information content (AvgIpc) is 2.95. The van der Waals surface area contributed by atoms with Gasteiger partial charge in [0.05, 0.1) is 16.9 Å². The van der Waals surface area contributed by atoms with Gasteiger partial charge in [-0.1, -0.05) is 24.3 Å². The molecule has 0 aliphatic rings. The van der Waals surface area contributed by atoms with Gasteiger partial charge in [0.2, 0.25) is 5.91 Å². The van der Waals surface area contributed by atoms with Crippen LogP contribution in [0.25, 0.3) is 16.6 Å². The number of amides is 1. The van der Waals surface area contributed by atoms with Crippen LogP contribution in [0.15, 0.2) is 60.9 Å². The summed E-state index contributed by atoms with van der Waals surface area (Å²) in [6.07, 6.45) is 4.75. The van der Waals surface area contributed by atoms with E-state index >= 15 is 0 Å². The second-order valence-electron chi connectivity index (χ2n) is 6.00. The van der Waals surface area contributed by atoms with Crippen molar-refractivity contribution in [1.82, 2.24) is 14.4 Å². The molecule has 5 nitrogen and oxygen atoms in total. The largest absolute Gasteiger partial charge is 0.324 e. The molecule has 0 aliphatic carbocycles. The number of imidazole rings is 1. The van der Waals surface area contributed by atoms with E-state index < -0.39 is 0 Å². The van der Waals surface area contributed by atoms with Gasteiger partial charge in [0.1, 0.15) is 5.65 Å². The highest BCUT2D eigenvalue weighted by Crippen LogP contribution is 2.21. The van der Waals surface area contributed by atoms with Crippen molar-refractivity contribution in [2.75, 3.05) is 5.32 Å². The molecule has 1 aromatic carbocycles. The maximum absolute atomic E-state index is 12.4. The Balaban J connectivity index is 1.51. The molecule has 0 fully saturated rings. The van der Waals surface area contributed by atoms with Crippen molar-refractivity contribution in [3.63, 3.8) is 0 Å². The van der Waals surface area contributed by atoms with Crippen LogP contribution in [-0.4, -0.2) is 20.3 Å². The van der Waals surface area contributed by atoms with E-state index in [1.165, 1.54) is 0 Å². The number of aromatic nitrogens is 3. The Hall–Kier alpha value is -3.21. The predicted octanol–water partition coefficient (Wildman–Crippen LogP) is 3.76. The summed E-state index contributed by atoms with van der Waals surface area (Å²) in [5, 5.41) is 4.00. The minimum absolute atomic E-state index is 0.0246. The maximum atomic E-state index is 12.4. The molecule has 0 aliphatic heterocycles. The molecule has 5 heteroatoms. The topological polar surface area (TPSA) is 59.3 Å². The van der Waals surface area contributed by atoms with Gasteiger partial charge >= 0.3 is 0 Å². The number of fused-ring (bicyclic) bond motifs is 2. The first-order chi connectivity index (χ1) is 12.2. The lowest BCUT2D eigenvalue weighted by Gasteiger charge is -2.08. The number of carbonyl (C=O) groups is 1. The molecule has 124 valence electrons. The first kappa shape index (κ1) is 15.3. The predicted molar refractivity (Wildman–Crippen MR) is 98.6 cm³/mol. The summed E-state index contributed by atoms with van der Waals surface area (Å²) < 4.78 is 2.04. The second-order valence-corrected chi connectivity index (χ2v) is 6.00. The summed E-state index contributed by atoms with van der Waals surface area (Å²) in [6, 6.07) is 15.6. The number of benzene rings is 1. The van der Waals surface area contributed by atoms with Gasteiger partial charge in [0, 0.05) is 29.9 Å². The van der Waals surface area contributed by atoms with E-state index in [0.29, 0.717) is 12.8 Å². The van der Waals surface area contributed by atoms with Crippen LogP contribution in [0.1, 0.15) is 17.8 Å². The van der Waals surface area contributed by atoms with Crippen LogP contribution in [0.2, 0.25) is 0 Å². The maximum Gasteiger partial charge on any atom is 0.224 e. The third-order valence-electron chi connectivity index (χ3n) is 4.32. The van der Waals surface area contributed by atoms with Crippen LogP contribution in [0, 0.1) is 6.92 Å². The Morgan fingerprint density at radius 1 is 1.12 bits per heavy atom. The van der Waals surface area contributed by atoms with Crippen LogP contribution in [0.5, 0.6) is 0 Å². The minimum Gasteiger partial charge on any atom is -0.324 e. The van der Waals surface area contributed by atoms with Crippen LogP contribution in [-0.2, 0) is 11.2 Å². The molecule has 0 atom stereocenters. The van der Waals surface area contributed by atoms with E-state index in [-0.39, 0.29) is 5.91 Å². The van der Waals surface area contributed by atoms with Gasteiger partial charge in [0.15, 0.2) is 0 Å². The average molecular weight is 330 g/mol. The van der Waals surface area contributed by atoms with Gasteiger partial charge in [-0.15, -0.1) is 0 Å². The number of para-hydroxylation sites is 1. The molecule has 0 radical (unpaired) electrons. The Bertz CT molecular complexity index is 1060. The van der Waals surface area contributed by atoms with Gasteiger partial charge in [-0.25, -0.2) is 4.98 Å². The van der Waals surface area contributed by atoms with Crippen molar-refractivity contribution in [1.29, 1.82) is 0 Å². The zero-order chi connectivity index (χ0) is 17.2. The number of hydrogen-bond acceptors (Lipinski definition) is 3. The number of nitrogens with one attached hydrogen (secondary N) is 1. The van der Waals surface area contributed by atoms with Crippen LogP contribution >= 0.6 is 0 Å². The lowest BCUT2D eigenvalue weighted by molar-refractivity contribution is -0.116. The first-order valence-corrected chi connectivity index (χ1v) is 8.28. The molecule has 0 spiro atoms. The molecule has 3 aromatic heterocycles. The quantitative estimate of drug-likeness (QED) is 0.620. The van der Waals surface area contributed by atoms with Gasteiger partial charge < -0.3 is 9.72 Å². The van der Waals surface area contributed by atoms with Crippen LogP contribution < -0.4 is 5.32 Å². The molecule has 25 heavy (non-hydrogen) atoms. The van der Waals surface area contributed by atoms with Crippen LogP contribution in [0.4, 0.5) is 5.69 Å². The van der Waals surface area contributed by atoms with Crippen molar-refractivity contribution >= 4 is 28.1 Å². The number of rotatable bonds is 4. The first-order valence-electron chi connectivity index (χ1n) is 8.28. The summed E-state index contributed by atoms with van der Waals surface area (Å²) in [7, 11) is 0. The van der Waals surface area contributed by atoms with Crippen molar-refractivity contribution < 1.29 is 4.79 Å². The zero-order valence-corrected chi connectivity index (χ0v) is 13.9. The molecule has 4 rings (SSSR count). The summed E-state index contributed by atoms with van der Waals surface area (Å²) in [6.45, 7) is 1.98. The molecule has 4 aromatic rings. The second kappa shape index (κ2) is 6.36. The fourth-order valence-electron chi connectivity index (χ4n) is 3.12. The Labute approximate surface area is 145 Å². The Morgan fingerprint density at radius 2 is 2.00 bits per heavy atom. The molecule has 1 N–H and O–H groups in total. The van der Waals surface area contributed by atoms with Gasteiger partial charge in [-0.2, -0.15) is 0 Å². The summed E-state index contributed by atoms with van der Waals surface area (Å²) in [5.74, 6) is -0.0246. The number of hydrogen-bond donors (Lipinski definition) is 1. The zero-order valence-electron chi connectivity index (χ0n) is 13.9. The fourth-order valence-corrected chi connectivity index (χ4v) is 3.12. The molecule has 1 amide bonds. The van der Waals surface area contributed by atoms with Gasteiger partial charge in [-0.05, 0) is 37.6 Å². The van der Waals surface area contributed by atoms with E-state index in [1.54, 1.807) is 6.20 Å². The lowest BCUT2D eigenvalue weighted by atomic mass is 10.1. The smallest absolute Gasteiger partial charge is 0.224 e. The summed E-state index contributed by atoms with van der Waals surface area (Å²) >= 11 is 0. The third kappa shape index (κ3) is 2.96. The Kier molecular flexibility index (Phi) is 3.90. The number of pyridine rings is 2. The number of aryl methyl sites for hydroxylation is 2. The van der Waals surface area contributed by atoms with E-state index in [9.17, 15) is 4.79 Å².